The molecule has 1 aliphatic rings. The third-order valence-corrected chi connectivity index (χ3v) is 3.58. The monoisotopic (exact) mass is 324 g/mol. The number of pyridine rings is 1. The summed E-state index contributed by atoms with van der Waals surface area (Å²) in [7, 11) is 0. The van der Waals surface area contributed by atoms with E-state index in [4.69, 9.17) is 9.47 Å². The Morgan fingerprint density at radius 2 is 2.42 bits per heavy atom. The molecule has 1 aromatic heterocycles. The van der Waals surface area contributed by atoms with Gasteiger partial charge in [0.15, 0.2) is 6.29 Å². The summed E-state index contributed by atoms with van der Waals surface area (Å²) in [5, 5.41) is 9.20. The lowest BCUT2D eigenvalue weighted by atomic mass is 10.0. The summed E-state index contributed by atoms with van der Waals surface area (Å²) in [6, 6.07) is 6.05. The third-order valence-electron chi connectivity index (χ3n) is 3.11. The Bertz CT molecular complexity index is 424. The van der Waals surface area contributed by atoms with E-state index < -0.39 is 0 Å². The second kappa shape index (κ2) is 7.59. The first-order valence-corrected chi connectivity index (χ1v) is 7.33. The normalized spacial score (nSPS) is 20.7. The fourth-order valence-electron chi connectivity index (χ4n) is 2.03. The SMILES string of the molecule is N#CC(CCOC1CCCCO1)c1ccc(Br)cn1. The van der Waals surface area contributed by atoms with Gasteiger partial charge in [-0.2, -0.15) is 5.26 Å². The molecule has 0 N–H and O–H groups in total. The van der Waals surface area contributed by atoms with Crippen LogP contribution in [0.15, 0.2) is 22.8 Å². The van der Waals surface area contributed by atoms with Gasteiger partial charge in [-0.1, -0.05) is 0 Å². The molecule has 0 radical (unpaired) electrons. The van der Waals surface area contributed by atoms with Crippen molar-refractivity contribution >= 4 is 15.9 Å². The highest BCUT2D eigenvalue weighted by Crippen LogP contribution is 2.20. The maximum atomic E-state index is 9.20. The van der Waals surface area contributed by atoms with Crippen LogP contribution >= 0.6 is 15.9 Å². The van der Waals surface area contributed by atoms with Crippen LogP contribution in [-0.2, 0) is 9.47 Å². The van der Waals surface area contributed by atoms with E-state index >= 15 is 0 Å². The van der Waals surface area contributed by atoms with E-state index in [0.717, 1.165) is 36.0 Å². The molecule has 2 atom stereocenters. The van der Waals surface area contributed by atoms with Crippen molar-refractivity contribution in [2.24, 2.45) is 0 Å². The van der Waals surface area contributed by atoms with Crippen molar-refractivity contribution in [1.29, 1.82) is 5.26 Å². The van der Waals surface area contributed by atoms with Gasteiger partial charge in [0.25, 0.3) is 0 Å². The van der Waals surface area contributed by atoms with Crippen molar-refractivity contribution in [3.8, 4) is 6.07 Å². The quantitative estimate of drug-likeness (QED) is 0.833. The average Bonchev–Trinajstić information content (AvgIpc) is 2.46. The van der Waals surface area contributed by atoms with Gasteiger partial charge in [0, 0.05) is 17.3 Å². The fourth-order valence-corrected chi connectivity index (χ4v) is 2.27. The molecule has 0 aliphatic carbocycles. The summed E-state index contributed by atoms with van der Waals surface area (Å²) in [5.41, 5.74) is 0.791. The number of aromatic nitrogens is 1. The van der Waals surface area contributed by atoms with Gasteiger partial charge in [-0.3, -0.25) is 4.98 Å². The molecule has 102 valence electrons. The molecule has 0 amide bonds. The van der Waals surface area contributed by atoms with Gasteiger partial charge in [0.2, 0.25) is 0 Å². The van der Waals surface area contributed by atoms with Crippen molar-refractivity contribution in [3.63, 3.8) is 0 Å². The highest BCUT2D eigenvalue weighted by atomic mass is 79.9. The van der Waals surface area contributed by atoms with Crippen molar-refractivity contribution in [3.05, 3.63) is 28.5 Å². The first-order chi connectivity index (χ1) is 9.29. The molecule has 2 rings (SSSR count). The van der Waals surface area contributed by atoms with Crippen molar-refractivity contribution in [2.45, 2.75) is 37.9 Å². The predicted octanol–water partition coefficient (Wildman–Crippen LogP) is 3.38. The maximum absolute atomic E-state index is 9.20. The molecule has 0 aromatic carbocycles. The highest BCUT2D eigenvalue weighted by molar-refractivity contribution is 9.10. The van der Waals surface area contributed by atoms with Crippen LogP contribution in [0.5, 0.6) is 0 Å². The van der Waals surface area contributed by atoms with E-state index in [1.807, 2.05) is 12.1 Å². The van der Waals surface area contributed by atoms with Crippen LogP contribution in [0, 0.1) is 11.3 Å². The molecule has 5 heteroatoms. The standard InChI is InChI=1S/C14H17BrN2O2/c15-12-4-5-13(17-10-12)11(9-16)6-8-19-14-3-1-2-7-18-14/h4-5,10-11,14H,1-3,6-8H2. The number of rotatable bonds is 5. The summed E-state index contributed by atoms with van der Waals surface area (Å²) in [5.74, 6) is -0.225. The summed E-state index contributed by atoms with van der Waals surface area (Å²) in [6.07, 6.45) is 5.49. The van der Waals surface area contributed by atoms with Gasteiger partial charge in [-0.25, -0.2) is 0 Å². The Balaban J connectivity index is 1.79. The number of ether oxygens (including phenoxy) is 2. The minimum Gasteiger partial charge on any atom is -0.353 e. The lowest BCUT2D eigenvalue weighted by Crippen LogP contribution is -2.23. The van der Waals surface area contributed by atoms with Gasteiger partial charge in [-0.05, 0) is 53.7 Å². The minimum atomic E-state index is -0.225. The lowest BCUT2D eigenvalue weighted by Gasteiger charge is -2.23. The Hall–Kier alpha value is -0.960. The highest BCUT2D eigenvalue weighted by Gasteiger charge is 2.16. The summed E-state index contributed by atoms with van der Waals surface area (Å²) < 4.78 is 12.1. The van der Waals surface area contributed by atoms with Crippen LogP contribution in [-0.4, -0.2) is 24.5 Å². The third kappa shape index (κ3) is 4.57. The molecule has 1 aromatic rings. The van der Waals surface area contributed by atoms with Crippen molar-refractivity contribution < 1.29 is 9.47 Å². The van der Waals surface area contributed by atoms with Crippen LogP contribution < -0.4 is 0 Å². The molecular formula is C14H17BrN2O2. The van der Waals surface area contributed by atoms with Gasteiger partial charge in [0.1, 0.15) is 0 Å². The fraction of sp³-hybridized carbons (Fsp3) is 0.571. The molecular weight excluding hydrogens is 308 g/mol. The van der Waals surface area contributed by atoms with Crippen LogP contribution in [0.25, 0.3) is 0 Å². The van der Waals surface area contributed by atoms with Gasteiger partial charge >= 0.3 is 0 Å². The van der Waals surface area contributed by atoms with E-state index in [1.165, 1.54) is 0 Å². The molecule has 0 spiro atoms. The maximum Gasteiger partial charge on any atom is 0.157 e. The summed E-state index contributed by atoms with van der Waals surface area (Å²) in [6.45, 7) is 1.31. The Kier molecular flexibility index (Phi) is 5.77. The molecule has 1 fully saturated rings. The zero-order valence-corrected chi connectivity index (χ0v) is 12.3. The van der Waals surface area contributed by atoms with Crippen LogP contribution in [0.2, 0.25) is 0 Å². The number of nitriles is 1. The van der Waals surface area contributed by atoms with Crippen molar-refractivity contribution in [2.75, 3.05) is 13.2 Å². The van der Waals surface area contributed by atoms with Gasteiger partial charge in [-0.15, -0.1) is 0 Å². The van der Waals surface area contributed by atoms with E-state index in [1.54, 1.807) is 6.20 Å². The van der Waals surface area contributed by atoms with Gasteiger partial charge in [0.05, 0.1) is 24.3 Å². The predicted molar refractivity (Wildman–Crippen MR) is 74.5 cm³/mol. The number of hydrogen-bond acceptors (Lipinski definition) is 4. The second-order valence-electron chi connectivity index (χ2n) is 4.54. The molecule has 1 aliphatic heterocycles. The molecule has 0 saturated carbocycles. The number of halogens is 1. The first kappa shape index (κ1) is 14.4. The Morgan fingerprint density at radius 1 is 1.53 bits per heavy atom. The molecule has 0 bridgehead atoms. The Labute approximate surface area is 121 Å². The number of hydrogen-bond donors (Lipinski definition) is 0. The van der Waals surface area contributed by atoms with Crippen LogP contribution in [0.1, 0.15) is 37.3 Å². The topological polar surface area (TPSA) is 55.1 Å². The number of nitrogens with zero attached hydrogens (tertiary/aromatic N) is 2. The van der Waals surface area contributed by atoms with Gasteiger partial charge < -0.3 is 9.47 Å². The van der Waals surface area contributed by atoms with Crippen LogP contribution in [0.3, 0.4) is 0 Å². The smallest absolute Gasteiger partial charge is 0.157 e. The molecule has 2 unspecified atom stereocenters. The zero-order valence-electron chi connectivity index (χ0n) is 10.7. The molecule has 1 saturated heterocycles. The second-order valence-corrected chi connectivity index (χ2v) is 5.45. The molecule has 19 heavy (non-hydrogen) atoms. The summed E-state index contributed by atoms with van der Waals surface area (Å²) in [4.78, 5) is 4.26. The first-order valence-electron chi connectivity index (χ1n) is 6.54. The van der Waals surface area contributed by atoms with E-state index in [0.29, 0.717) is 13.0 Å². The minimum absolute atomic E-state index is 0.0917. The lowest BCUT2D eigenvalue weighted by molar-refractivity contribution is -0.162. The Morgan fingerprint density at radius 3 is 3.05 bits per heavy atom. The van der Waals surface area contributed by atoms with Crippen molar-refractivity contribution in [1.82, 2.24) is 4.98 Å². The largest absolute Gasteiger partial charge is 0.353 e. The summed E-state index contributed by atoms with van der Waals surface area (Å²) >= 11 is 3.33. The molecule has 2 heterocycles. The van der Waals surface area contributed by atoms with E-state index in [9.17, 15) is 5.26 Å². The van der Waals surface area contributed by atoms with Crippen LogP contribution in [0.4, 0.5) is 0 Å². The zero-order chi connectivity index (χ0) is 13.5. The molecule has 4 nitrogen and oxygen atoms in total. The van der Waals surface area contributed by atoms with E-state index in [-0.39, 0.29) is 12.2 Å². The van der Waals surface area contributed by atoms with E-state index in [2.05, 4.69) is 27.0 Å². The average molecular weight is 325 g/mol.